The minimum atomic E-state index is -1.56. The van der Waals surface area contributed by atoms with Crippen LogP contribution in [0, 0.1) is 5.92 Å². The lowest BCUT2D eigenvalue weighted by Gasteiger charge is -2.25. The quantitative estimate of drug-likeness (QED) is 0.154. The highest BCUT2D eigenvalue weighted by molar-refractivity contribution is 5.95. The van der Waals surface area contributed by atoms with Gasteiger partial charge in [0.15, 0.2) is 0 Å². The van der Waals surface area contributed by atoms with Crippen molar-refractivity contribution in [2.45, 2.75) is 63.7 Å². The zero-order valence-corrected chi connectivity index (χ0v) is 20.0. The van der Waals surface area contributed by atoms with Gasteiger partial charge in [-0.05, 0) is 17.9 Å². The summed E-state index contributed by atoms with van der Waals surface area (Å²) in [7, 11) is 0. The first-order chi connectivity index (χ1) is 16.8. The molecule has 13 heteroatoms. The van der Waals surface area contributed by atoms with E-state index in [1.165, 1.54) is 0 Å². The van der Waals surface area contributed by atoms with Gasteiger partial charge in [0.25, 0.3) is 0 Å². The Balaban J connectivity index is 3.14. The van der Waals surface area contributed by atoms with Crippen molar-refractivity contribution in [3.8, 4) is 0 Å². The molecule has 3 amide bonds. The van der Waals surface area contributed by atoms with E-state index in [0.29, 0.717) is 5.56 Å². The Morgan fingerprint density at radius 2 is 1.31 bits per heavy atom. The van der Waals surface area contributed by atoms with Crippen molar-refractivity contribution >= 4 is 35.6 Å². The molecule has 1 aromatic rings. The molecule has 1 aromatic carbocycles. The van der Waals surface area contributed by atoms with Gasteiger partial charge >= 0.3 is 17.9 Å². The molecule has 4 unspecified atom stereocenters. The van der Waals surface area contributed by atoms with Gasteiger partial charge in [0.05, 0.1) is 12.5 Å². The fraction of sp³-hybridized carbons (Fsp3) is 0.478. The molecule has 1 rings (SSSR count). The van der Waals surface area contributed by atoms with E-state index >= 15 is 0 Å². The second-order valence-corrected chi connectivity index (χ2v) is 8.51. The molecular formula is C23H32N4O9. The van der Waals surface area contributed by atoms with Crippen molar-refractivity contribution in [2.75, 3.05) is 0 Å². The molecule has 0 aromatic heterocycles. The average Bonchev–Trinajstić information content (AvgIpc) is 2.79. The molecule has 8 N–H and O–H groups in total. The molecule has 0 aliphatic heterocycles. The number of aliphatic carboxylic acids is 3. The number of amides is 3. The van der Waals surface area contributed by atoms with Crippen LogP contribution in [0.2, 0.25) is 0 Å². The molecule has 0 spiro atoms. The zero-order chi connectivity index (χ0) is 27.4. The van der Waals surface area contributed by atoms with Crippen molar-refractivity contribution in [2.24, 2.45) is 11.7 Å². The fourth-order valence-electron chi connectivity index (χ4n) is 3.08. The molecule has 4 atom stereocenters. The number of carboxylic acid groups (broad SMARTS) is 3. The Hall–Kier alpha value is -4.00. The van der Waals surface area contributed by atoms with Crippen molar-refractivity contribution < 1.29 is 44.1 Å². The molecule has 0 saturated heterocycles. The van der Waals surface area contributed by atoms with Crippen LogP contribution in [-0.2, 0) is 35.2 Å². The summed E-state index contributed by atoms with van der Waals surface area (Å²) < 4.78 is 0. The van der Waals surface area contributed by atoms with Crippen LogP contribution >= 0.6 is 0 Å². The van der Waals surface area contributed by atoms with Gasteiger partial charge in [-0.15, -0.1) is 0 Å². The molecule has 13 nitrogen and oxygen atoms in total. The molecule has 36 heavy (non-hydrogen) atoms. The van der Waals surface area contributed by atoms with Crippen LogP contribution < -0.4 is 21.7 Å². The lowest BCUT2D eigenvalue weighted by Crippen LogP contribution is -2.58. The standard InChI is InChI=1S/C23H32N4O9/c1-12(2)19(24)22(34)27-16(11-18(30)31)21(33)26-15(10-13-6-4-3-5-7-13)20(32)25-14(23(35)36)8-9-17(28)29/h3-7,12,14-16,19H,8-11,24H2,1-2H3,(H,25,32)(H,26,33)(H,27,34)(H,28,29)(H,30,31)(H,35,36). The molecule has 0 aliphatic carbocycles. The van der Waals surface area contributed by atoms with Crippen LogP contribution in [0.5, 0.6) is 0 Å². The molecule has 198 valence electrons. The van der Waals surface area contributed by atoms with E-state index < -0.39 is 79.1 Å². The van der Waals surface area contributed by atoms with Gasteiger partial charge in [-0.2, -0.15) is 0 Å². The van der Waals surface area contributed by atoms with Crippen molar-refractivity contribution in [3.63, 3.8) is 0 Å². The highest BCUT2D eigenvalue weighted by Crippen LogP contribution is 2.07. The fourth-order valence-corrected chi connectivity index (χ4v) is 3.08. The first kappa shape index (κ1) is 30.0. The summed E-state index contributed by atoms with van der Waals surface area (Å²) in [6.45, 7) is 3.33. The van der Waals surface area contributed by atoms with Gasteiger partial charge in [-0.3, -0.25) is 24.0 Å². The van der Waals surface area contributed by atoms with E-state index in [2.05, 4.69) is 16.0 Å². The van der Waals surface area contributed by atoms with E-state index in [9.17, 15) is 39.0 Å². The molecule has 0 bridgehead atoms. The van der Waals surface area contributed by atoms with Gasteiger partial charge < -0.3 is 37.0 Å². The smallest absolute Gasteiger partial charge is 0.326 e. The van der Waals surface area contributed by atoms with Gasteiger partial charge in [0.2, 0.25) is 17.7 Å². The summed E-state index contributed by atoms with van der Waals surface area (Å²) in [4.78, 5) is 71.8. The third-order valence-electron chi connectivity index (χ3n) is 5.21. The third kappa shape index (κ3) is 10.5. The average molecular weight is 509 g/mol. The van der Waals surface area contributed by atoms with Crippen LogP contribution in [-0.4, -0.2) is 75.1 Å². The zero-order valence-electron chi connectivity index (χ0n) is 20.0. The van der Waals surface area contributed by atoms with Gasteiger partial charge in [-0.1, -0.05) is 44.2 Å². The minimum Gasteiger partial charge on any atom is -0.481 e. The van der Waals surface area contributed by atoms with Crippen LogP contribution in [0.3, 0.4) is 0 Å². The lowest BCUT2D eigenvalue weighted by atomic mass is 10.0. The first-order valence-electron chi connectivity index (χ1n) is 11.2. The maximum Gasteiger partial charge on any atom is 0.326 e. The largest absolute Gasteiger partial charge is 0.481 e. The summed E-state index contributed by atoms with van der Waals surface area (Å²) in [5.74, 6) is -7.08. The number of carbonyl (C=O) groups is 6. The molecule has 0 saturated carbocycles. The monoisotopic (exact) mass is 508 g/mol. The molecule has 0 aliphatic rings. The molecule has 0 heterocycles. The number of nitrogens with two attached hydrogens (primary N) is 1. The summed E-state index contributed by atoms with van der Waals surface area (Å²) in [5, 5.41) is 34.2. The number of hydrogen-bond acceptors (Lipinski definition) is 7. The second-order valence-electron chi connectivity index (χ2n) is 8.51. The Labute approximate surface area is 207 Å². The normalized spacial score (nSPS) is 14.1. The maximum absolute atomic E-state index is 12.9. The van der Waals surface area contributed by atoms with Crippen LogP contribution in [0.25, 0.3) is 0 Å². The van der Waals surface area contributed by atoms with Crippen LogP contribution in [0.1, 0.15) is 38.7 Å². The molecular weight excluding hydrogens is 476 g/mol. The first-order valence-corrected chi connectivity index (χ1v) is 11.2. The van der Waals surface area contributed by atoms with Gasteiger partial charge in [0.1, 0.15) is 18.1 Å². The number of carboxylic acids is 3. The Morgan fingerprint density at radius 1 is 0.778 bits per heavy atom. The summed E-state index contributed by atoms with van der Waals surface area (Å²) in [5.41, 5.74) is 6.36. The predicted octanol–water partition coefficient (Wildman–Crippen LogP) is -0.909. The Bertz CT molecular complexity index is 952. The number of hydrogen-bond donors (Lipinski definition) is 7. The van der Waals surface area contributed by atoms with E-state index in [4.69, 9.17) is 10.8 Å². The summed E-state index contributed by atoms with van der Waals surface area (Å²) >= 11 is 0. The summed E-state index contributed by atoms with van der Waals surface area (Å²) in [6, 6.07) is 2.92. The Kier molecular flexibility index (Phi) is 12.0. The predicted molar refractivity (Wildman–Crippen MR) is 126 cm³/mol. The second kappa shape index (κ2) is 14.4. The number of nitrogens with one attached hydrogen (secondary N) is 3. The van der Waals surface area contributed by atoms with E-state index in [0.717, 1.165) is 0 Å². The lowest BCUT2D eigenvalue weighted by molar-refractivity contribution is -0.144. The van der Waals surface area contributed by atoms with Crippen LogP contribution in [0.4, 0.5) is 0 Å². The highest BCUT2D eigenvalue weighted by Gasteiger charge is 2.32. The molecule has 0 fully saturated rings. The van der Waals surface area contributed by atoms with Crippen molar-refractivity contribution in [1.82, 2.24) is 16.0 Å². The highest BCUT2D eigenvalue weighted by atomic mass is 16.4. The summed E-state index contributed by atoms with van der Waals surface area (Å²) in [6.07, 6.45) is -1.80. The minimum absolute atomic E-state index is 0.0943. The van der Waals surface area contributed by atoms with Crippen molar-refractivity contribution in [3.05, 3.63) is 35.9 Å². The molecule has 0 radical (unpaired) electrons. The van der Waals surface area contributed by atoms with E-state index in [-0.39, 0.29) is 12.3 Å². The maximum atomic E-state index is 12.9. The van der Waals surface area contributed by atoms with E-state index in [1.807, 2.05) is 0 Å². The topological polar surface area (TPSA) is 225 Å². The number of benzene rings is 1. The van der Waals surface area contributed by atoms with Gasteiger partial charge in [-0.25, -0.2) is 4.79 Å². The van der Waals surface area contributed by atoms with Gasteiger partial charge in [0, 0.05) is 12.8 Å². The number of carbonyl (C=O) groups excluding carboxylic acids is 3. The third-order valence-corrected chi connectivity index (χ3v) is 5.21. The van der Waals surface area contributed by atoms with Crippen molar-refractivity contribution in [1.29, 1.82) is 0 Å². The van der Waals surface area contributed by atoms with E-state index in [1.54, 1.807) is 44.2 Å². The van der Waals surface area contributed by atoms with Crippen LogP contribution in [0.15, 0.2) is 30.3 Å². The number of rotatable bonds is 15. The Morgan fingerprint density at radius 3 is 1.81 bits per heavy atom. The SMILES string of the molecule is CC(C)C(N)C(=O)NC(CC(=O)O)C(=O)NC(Cc1ccccc1)C(=O)NC(CCC(=O)O)C(=O)O.